The molecule has 2 saturated carbocycles. The number of aliphatic carboxylic acids is 1. The number of fused-ring (bicyclic) bond motifs is 5. The minimum Gasteiger partial charge on any atom is -0.480 e. The van der Waals surface area contributed by atoms with Crippen LogP contribution in [0.2, 0.25) is 0 Å². The van der Waals surface area contributed by atoms with Crippen LogP contribution >= 0.6 is 0 Å². The molecule has 0 aromatic carbocycles. The second kappa shape index (κ2) is 1.84. The average Bonchev–Trinajstić information content (AvgIpc) is 2.63. The fraction of sp³-hybridized carbons (Fsp3) is 0.889. The van der Waals surface area contributed by atoms with Gasteiger partial charge in [0.1, 0.15) is 6.04 Å². The Morgan fingerprint density at radius 1 is 1.33 bits per heavy atom. The fourth-order valence-electron chi connectivity index (χ4n) is 3.50. The molecule has 0 spiro atoms. The summed E-state index contributed by atoms with van der Waals surface area (Å²) in [4.78, 5) is 13.0. The quantitative estimate of drug-likeness (QED) is 0.615. The van der Waals surface area contributed by atoms with Gasteiger partial charge in [-0.1, -0.05) is 0 Å². The SMILES string of the molecule is CN1C2CC(C3CC32)C1C(=O)O. The molecule has 1 aliphatic heterocycles. The molecule has 66 valence electrons. The predicted molar refractivity (Wildman–Crippen MR) is 42.7 cm³/mol. The van der Waals surface area contributed by atoms with Crippen molar-refractivity contribution in [3.63, 3.8) is 0 Å². The summed E-state index contributed by atoms with van der Waals surface area (Å²) in [5, 5.41) is 9.00. The largest absolute Gasteiger partial charge is 0.480 e. The summed E-state index contributed by atoms with van der Waals surface area (Å²) in [6.45, 7) is 0. The van der Waals surface area contributed by atoms with E-state index in [1.807, 2.05) is 7.05 Å². The minimum absolute atomic E-state index is 0.168. The standard InChI is InChI=1S/C9H13NO2/c1-10-7-3-6(4-2-5(4)7)8(10)9(11)12/h4-8H,2-3H2,1H3,(H,11,12). The molecule has 1 N–H and O–H groups in total. The van der Waals surface area contributed by atoms with E-state index in [1.165, 1.54) is 6.42 Å². The summed E-state index contributed by atoms with van der Waals surface area (Å²) in [6.07, 6.45) is 2.44. The van der Waals surface area contributed by atoms with Crippen LogP contribution in [0.25, 0.3) is 0 Å². The first-order valence-electron chi connectivity index (χ1n) is 4.65. The van der Waals surface area contributed by atoms with Crippen LogP contribution < -0.4 is 0 Å². The Morgan fingerprint density at radius 2 is 2.08 bits per heavy atom. The number of likely N-dealkylation sites (N-methyl/N-ethyl adjacent to an activating group) is 1. The van der Waals surface area contributed by atoms with Gasteiger partial charge in [-0.15, -0.1) is 0 Å². The lowest BCUT2D eigenvalue weighted by Crippen LogP contribution is -2.44. The van der Waals surface area contributed by atoms with Crippen molar-refractivity contribution >= 4 is 5.97 Å². The molecule has 3 fully saturated rings. The highest BCUT2D eigenvalue weighted by atomic mass is 16.4. The molecule has 0 radical (unpaired) electrons. The highest BCUT2D eigenvalue weighted by molar-refractivity contribution is 5.75. The normalized spacial score (nSPS) is 55.6. The molecule has 2 bridgehead atoms. The zero-order valence-electron chi connectivity index (χ0n) is 7.10. The highest BCUT2D eigenvalue weighted by Gasteiger charge is 2.65. The number of carboxylic acids is 1. The maximum atomic E-state index is 10.9. The Morgan fingerprint density at radius 3 is 2.67 bits per heavy atom. The van der Waals surface area contributed by atoms with Crippen molar-refractivity contribution in [3.8, 4) is 0 Å². The number of nitrogens with zero attached hydrogens (tertiary/aromatic N) is 1. The van der Waals surface area contributed by atoms with Gasteiger partial charge in [-0.25, -0.2) is 0 Å². The van der Waals surface area contributed by atoms with E-state index in [0.29, 0.717) is 12.0 Å². The second-order valence-corrected chi connectivity index (χ2v) is 4.48. The van der Waals surface area contributed by atoms with E-state index in [9.17, 15) is 4.79 Å². The summed E-state index contributed by atoms with van der Waals surface area (Å²) < 4.78 is 0. The summed E-state index contributed by atoms with van der Waals surface area (Å²) in [5.74, 6) is 1.49. The molecular weight excluding hydrogens is 154 g/mol. The van der Waals surface area contributed by atoms with Gasteiger partial charge in [-0.05, 0) is 37.6 Å². The van der Waals surface area contributed by atoms with Crippen LogP contribution in [0.3, 0.4) is 0 Å². The van der Waals surface area contributed by atoms with Gasteiger partial charge in [0.2, 0.25) is 0 Å². The van der Waals surface area contributed by atoms with Crippen molar-refractivity contribution in [1.29, 1.82) is 0 Å². The van der Waals surface area contributed by atoms with E-state index < -0.39 is 5.97 Å². The zero-order chi connectivity index (χ0) is 8.46. The third-order valence-corrected chi connectivity index (χ3v) is 4.07. The molecule has 0 amide bonds. The number of likely N-dealkylation sites (tertiary alicyclic amines) is 1. The zero-order valence-corrected chi connectivity index (χ0v) is 7.10. The fourth-order valence-corrected chi connectivity index (χ4v) is 3.50. The molecule has 5 atom stereocenters. The lowest BCUT2D eigenvalue weighted by molar-refractivity contribution is -0.144. The lowest BCUT2D eigenvalue weighted by atomic mass is 9.97. The summed E-state index contributed by atoms with van der Waals surface area (Å²) in [7, 11) is 1.97. The Bertz CT molecular complexity index is 253. The molecule has 5 unspecified atom stereocenters. The molecule has 12 heavy (non-hydrogen) atoms. The van der Waals surface area contributed by atoms with Gasteiger partial charge in [-0.3, -0.25) is 9.69 Å². The first-order valence-corrected chi connectivity index (χ1v) is 4.65. The molecule has 3 rings (SSSR count). The average molecular weight is 167 g/mol. The Labute approximate surface area is 71.4 Å². The van der Waals surface area contributed by atoms with Crippen molar-refractivity contribution in [1.82, 2.24) is 4.90 Å². The van der Waals surface area contributed by atoms with E-state index in [-0.39, 0.29) is 6.04 Å². The van der Waals surface area contributed by atoms with Crippen molar-refractivity contribution in [2.45, 2.75) is 24.9 Å². The van der Waals surface area contributed by atoms with Gasteiger partial charge in [0.05, 0.1) is 0 Å². The third-order valence-electron chi connectivity index (χ3n) is 4.07. The van der Waals surface area contributed by atoms with Gasteiger partial charge in [-0.2, -0.15) is 0 Å². The molecule has 2 aliphatic carbocycles. The topological polar surface area (TPSA) is 40.5 Å². The molecule has 0 aromatic heterocycles. The molecule has 1 saturated heterocycles. The van der Waals surface area contributed by atoms with E-state index in [0.717, 1.165) is 18.3 Å². The van der Waals surface area contributed by atoms with Crippen LogP contribution in [0.4, 0.5) is 0 Å². The Hall–Kier alpha value is -0.570. The monoisotopic (exact) mass is 167 g/mol. The molecule has 3 aliphatic rings. The highest BCUT2D eigenvalue weighted by Crippen LogP contribution is 2.62. The number of carboxylic acid groups (broad SMARTS) is 1. The van der Waals surface area contributed by atoms with E-state index in [4.69, 9.17) is 5.11 Å². The van der Waals surface area contributed by atoms with Crippen molar-refractivity contribution in [3.05, 3.63) is 0 Å². The third kappa shape index (κ3) is 0.600. The molecule has 3 nitrogen and oxygen atoms in total. The van der Waals surface area contributed by atoms with Crippen LogP contribution in [-0.4, -0.2) is 35.1 Å². The van der Waals surface area contributed by atoms with Gasteiger partial charge in [0.15, 0.2) is 0 Å². The number of hydrogen-bond acceptors (Lipinski definition) is 2. The molecule has 0 aromatic rings. The summed E-state index contributed by atoms with van der Waals surface area (Å²) in [5.41, 5.74) is 0. The first-order chi connectivity index (χ1) is 5.70. The number of rotatable bonds is 1. The molecular formula is C9H13NO2. The number of hydrogen-bond donors (Lipinski definition) is 1. The maximum absolute atomic E-state index is 10.9. The van der Waals surface area contributed by atoms with E-state index in [2.05, 4.69) is 4.90 Å². The summed E-state index contributed by atoms with van der Waals surface area (Å²) >= 11 is 0. The van der Waals surface area contributed by atoms with E-state index >= 15 is 0 Å². The van der Waals surface area contributed by atoms with E-state index in [1.54, 1.807) is 0 Å². The van der Waals surface area contributed by atoms with Gasteiger partial charge in [0.25, 0.3) is 0 Å². The van der Waals surface area contributed by atoms with Crippen molar-refractivity contribution in [2.24, 2.45) is 17.8 Å². The van der Waals surface area contributed by atoms with Gasteiger partial charge >= 0.3 is 5.97 Å². The maximum Gasteiger partial charge on any atom is 0.321 e. The van der Waals surface area contributed by atoms with Crippen LogP contribution in [0.5, 0.6) is 0 Å². The van der Waals surface area contributed by atoms with Crippen LogP contribution in [-0.2, 0) is 4.79 Å². The van der Waals surface area contributed by atoms with Crippen LogP contribution in [0, 0.1) is 17.8 Å². The summed E-state index contributed by atoms with van der Waals surface area (Å²) in [6, 6.07) is 0.430. The Balaban J connectivity index is 1.93. The van der Waals surface area contributed by atoms with Gasteiger partial charge < -0.3 is 5.11 Å². The number of carbonyl (C=O) groups is 1. The molecule has 1 heterocycles. The van der Waals surface area contributed by atoms with Crippen molar-refractivity contribution < 1.29 is 9.90 Å². The smallest absolute Gasteiger partial charge is 0.321 e. The van der Waals surface area contributed by atoms with Gasteiger partial charge in [0, 0.05) is 6.04 Å². The lowest BCUT2D eigenvalue weighted by Gasteiger charge is -2.28. The first kappa shape index (κ1) is 6.89. The Kier molecular flexibility index (Phi) is 1.06. The second-order valence-electron chi connectivity index (χ2n) is 4.48. The molecule has 3 heteroatoms. The van der Waals surface area contributed by atoms with Crippen LogP contribution in [0.15, 0.2) is 0 Å². The van der Waals surface area contributed by atoms with Crippen LogP contribution in [0.1, 0.15) is 12.8 Å². The van der Waals surface area contributed by atoms with Crippen molar-refractivity contribution in [2.75, 3.05) is 7.05 Å². The minimum atomic E-state index is -0.615. The number of piperidine rings is 1. The predicted octanol–water partition coefficient (Wildman–Crippen LogP) is 0.410.